The summed E-state index contributed by atoms with van der Waals surface area (Å²) in [4.78, 5) is 9.06. The number of rotatable bonds is 4. The Labute approximate surface area is 108 Å². The number of nitrogens with zero attached hydrogens (tertiary/aromatic N) is 3. The van der Waals surface area contributed by atoms with Gasteiger partial charge in [-0.05, 0) is 38.1 Å². The predicted molar refractivity (Wildman–Crippen MR) is 72.4 cm³/mol. The molecule has 0 radical (unpaired) electrons. The topological polar surface area (TPSA) is 42.7 Å². The maximum Gasteiger partial charge on any atom is 0.0947 e. The lowest BCUT2D eigenvalue weighted by Gasteiger charge is -2.16. The largest absolute Gasteiger partial charge is 0.340 e. The number of hydrogen-bond acceptors (Lipinski definition) is 3. The molecule has 0 bridgehead atoms. The van der Waals surface area contributed by atoms with Gasteiger partial charge in [0.15, 0.2) is 0 Å². The zero-order chi connectivity index (χ0) is 13.1. The second-order valence-corrected chi connectivity index (χ2v) is 4.67. The third kappa shape index (κ3) is 2.76. The van der Waals surface area contributed by atoms with Crippen molar-refractivity contribution in [2.45, 2.75) is 26.8 Å². The maximum absolute atomic E-state index is 4.63. The molecule has 0 aliphatic carbocycles. The Kier molecular flexibility index (Phi) is 3.77. The molecule has 1 atom stereocenters. The molecule has 0 amide bonds. The first kappa shape index (κ1) is 12.8. The number of pyridine rings is 1. The van der Waals surface area contributed by atoms with Gasteiger partial charge in [0.25, 0.3) is 0 Å². The number of aryl methyl sites for hydroxylation is 3. The van der Waals surface area contributed by atoms with Gasteiger partial charge < -0.3 is 9.88 Å². The van der Waals surface area contributed by atoms with Crippen molar-refractivity contribution in [1.29, 1.82) is 0 Å². The van der Waals surface area contributed by atoms with Gasteiger partial charge in [-0.25, -0.2) is 4.98 Å². The van der Waals surface area contributed by atoms with Crippen LogP contribution in [0.2, 0.25) is 0 Å². The van der Waals surface area contributed by atoms with E-state index < -0.39 is 0 Å². The molecule has 2 aromatic rings. The molecule has 0 saturated carbocycles. The summed E-state index contributed by atoms with van der Waals surface area (Å²) in [5, 5.41) is 3.44. The second kappa shape index (κ2) is 5.31. The van der Waals surface area contributed by atoms with Gasteiger partial charge in [-0.1, -0.05) is 6.92 Å². The highest BCUT2D eigenvalue weighted by atomic mass is 15.0. The lowest BCUT2D eigenvalue weighted by Crippen LogP contribution is -2.23. The van der Waals surface area contributed by atoms with Crippen LogP contribution in [0.1, 0.15) is 35.6 Å². The van der Waals surface area contributed by atoms with Gasteiger partial charge in [-0.3, -0.25) is 4.98 Å². The summed E-state index contributed by atoms with van der Waals surface area (Å²) >= 11 is 0. The third-order valence-corrected chi connectivity index (χ3v) is 2.84. The van der Waals surface area contributed by atoms with Crippen LogP contribution >= 0.6 is 0 Å². The number of imidazole rings is 1. The lowest BCUT2D eigenvalue weighted by atomic mass is 10.1. The summed E-state index contributed by atoms with van der Waals surface area (Å²) in [6.45, 7) is 7.10. The number of hydrogen-bond donors (Lipinski definition) is 1. The molecule has 1 unspecified atom stereocenters. The van der Waals surface area contributed by atoms with Gasteiger partial charge in [-0.15, -0.1) is 0 Å². The molecule has 0 fully saturated rings. The number of aromatic nitrogens is 3. The Bertz CT molecular complexity index is 510. The number of nitrogens with one attached hydrogen (secondary N) is 1. The summed E-state index contributed by atoms with van der Waals surface area (Å²) in [6, 6.07) is 4.27. The molecule has 18 heavy (non-hydrogen) atoms. The predicted octanol–water partition coefficient (Wildman–Crippen LogP) is 2.13. The van der Waals surface area contributed by atoms with E-state index in [1.54, 1.807) is 0 Å². The Morgan fingerprint density at radius 3 is 2.61 bits per heavy atom. The van der Waals surface area contributed by atoms with Crippen LogP contribution in [0, 0.1) is 13.8 Å². The summed E-state index contributed by atoms with van der Waals surface area (Å²) in [7, 11) is 1.98. The van der Waals surface area contributed by atoms with E-state index in [-0.39, 0.29) is 6.04 Å². The van der Waals surface area contributed by atoms with Crippen LogP contribution in [-0.2, 0) is 7.05 Å². The standard InChI is InChI=1S/C14H20N4/c1-5-15-14(13-8-18(4)9-16-13)12-7-10(2)6-11(3)17-12/h6-9,14-15H,5H2,1-4H3. The summed E-state index contributed by atoms with van der Waals surface area (Å²) in [5.74, 6) is 0. The molecule has 0 aromatic carbocycles. The quantitative estimate of drug-likeness (QED) is 0.896. The van der Waals surface area contributed by atoms with Gasteiger partial charge in [0.05, 0.1) is 23.8 Å². The maximum atomic E-state index is 4.63. The minimum Gasteiger partial charge on any atom is -0.340 e. The molecule has 96 valence electrons. The van der Waals surface area contributed by atoms with E-state index in [1.165, 1.54) is 5.56 Å². The van der Waals surface area contributed by atoms with E-state index >= 15 is 0 Å². The monoisotopic (exact) mass is 244 g/mol. The summed E-state index contributed by atoms with van der Waals surface area (Å²) < 4.78 is 1.96. The van der Waals surface area contributed by atoms with Crippen molar-refractivity contribution in [3.05, 3.63) is 47.3 Å². The minimum absolute atomic E-state index is 0.0646. The zero-order valence-corrected chi connectivity index (χ0v) is 11.4. The molecular weight excluding hydrogens is 224 g/mol. The van der Waals surface area contributed by atoms with Crippen molar-refractivity contribution in [2.75, 3.05) is 6.54 Å². The highest BCUT2D eigenvalue weighted by Gasteiger charge is 2.17. The van der Waals surface area contributed by atoms with E-state index in [9.17, 15) is 0 Å². The molecule has 2 rings (SSSR count). The highest BCUT2D eigenvalue weighted by molar-refractivity contribution is 5.26. The SMILES string of the molecule is CCNC(c1cn(C)cn1)c1cc(C)cc(C)n1. The van der Waals surface area contributed by atoms with Gasteiger partial charge in [0.1, 0.15) is 0 Å². The molecule has 4 nitrogen and oxygen atoms in total. The van der Waals surface area contributed by atoms with Gasteiger partial charge >= 0.3 is 0 Å². The molecule has 0 saturated heterocycles. The van der Waals surface area contributed by atoms with E-state index in [1.807, 2.05) is 31.1 Å². The Balaban J connectivity index is 2.40. The Morgan fingerprint density at radius 2 is 2.06 bits per heavy atom. The van der Waals surface area contributed by atoms with Crippen molar-refractivity contribution in [1.82, 2.24) is 19.9 Å². The Morgan fingerprint density at radius 1 is 1.28 bits per heavy atom. The van der Waals surface area contributed by atoms with E-state index in [0.29, 0.717) is 0 Å². The first-order chi connectivity index (χ1) is 8.60. The third-order valence-electron chi connectivity index (χ3n) is 2.84. The molecular formula is C14H20N4. The van der Waals surface area contributed by atoms with Crippen LogP contribution in [0.3, 0.4) is 0 Å². The minimum atomic E-state index is 0.0646. The first-order valence-corrected chi connectivity index (χ1v) is 6.26. The molecule has 2 aromatic heterocycles. The average molecular weight is 244 g/mol. The van der Waals surface area contributed by atoms with Crippen LogP contribution in [0.5, 0.6) is 0 Å². The fraction of sp³-hybridized carbons (Fsp3) is 0.429. The van der Waals surface area contributed by atoms with Gasteiger partial charge in [0, 0.05) is 18.9 Å². The first-order valence-electron chi connectivity index (χ1n) is 6.26. The van der Waals surface area contributed by atoms with Crippen molar-refractivity contribution in [2.24, 2.45) is 7.05 Å². The van der Waals surface area contributed by atoms with Crippen molar-refractivity contribution < 1.29 is 0 Å². The van der Waals surface area contributed by atoms with Crippen LogP contribution in [0.4, 0.5) is 0 Å². The van der Waals surface area contributed by atoms with Crippen molar-refractivity contribution >= 4 is 0 Å². The van der Waals surface area contributed by atoms with Crippen molar-refractivity contribution in [3.8, 4) is 0 Å². The van der Waals surface area contributed by atoms with E-state index in [4.69, 9.17) is 0 Å². The van der Waals surface area contributed by atoms with Crippen LogP contribution < -0.4 is 5.32 Å². The van der Waals surface area contributed by atoms with Crippen molar-refractivity contribution in [3.63, 3.8) is 0 Å². The zero-order valence-electron chi connectivity index (χ0n) is 11.4. The molecule has 0 spiro atoms. The lowest BCUT2D eigenvalue weighted by molar-refractivity contribution is 0.601. The van der Waals surface area contributed by atoms with Crippen LogP contribution in [0.15, 0.2) is 24.7 Å². The molecule has 0 aliphatic rings. The fourth-order valence-electron chi connectivity index (χ4n) is 2.17. The highest BCUT2D eigenvalue weighted by Crippen LogP contribution is 2.20. The summed E-state index contributed by atoms with van der Waals surface area (Å²) in [5.41, 5.74) is 4.32. The van der Waals surface area contributed by atoms with Gasteiger partial charge in [-0.2, -0.15) is 0 Å². The second-order valence-electron chi connectivity index (χ2n) is 4.67. The summed E-state index contributed by atoms with van der Waals surface area (Å²) in [6.07, 6.45) is 3.86. The molecule has 4 heteroatoms. The Hall–Kier alpha value is -1.68. The molecule has 0 aliphatic heterocycles. The van der Waals surface area contributed by atoms with Crippen LogP contribution in [-0.4, -0.2) is 21.1 Å². The normalized spacial score (nSPS) is 12.7. The molecule has 1 N–H and O–H groups in total. The van der Waals surface area contributed by atoms with Crippen LogP contribution in [0.25, 0.3) is 0 Å². The molecule has 2 heterocycles. The fourth-order valence-corrected chi connectivity index (χ4v) is 2.17. The average Bonchev–Trinajstić information content (AvgIpc) is 2.71. The van der Waals surface area contributed by atoms with E-state index in [2.05, 4.69) is 41.3 Å². The van der Waals surface area contributed by atoms with Gasteiger partial charge in [0.2, 0.25) is 0 Å². The smallest absolute Gasteiger partial charge is 0.0947 e. The van der Waals surface area contributed by atoms with E-state index in [0.717, 1.165) is 23.6 Å².